The first-order valence-electron chi connectivity index (χ1n) is 8.42. The van der Waals surface area contributed by atoms with Crippen LogP contribution in [0.1, 0.15) is 11.1 Å². The van der Waals surface area contributed by atoms with Crippen molar-refractivity contribution in [3.05, 3.63) is 59.7 Å². The summed E-state index contributed by atoms with van der Waals surface area (Å²) in [4.78, 5) is 0. The number of guanidine groups is 2. The van der Waals surface area contributed by atoms with Gasteiger partial charge in [-0.2, -0.15) is 10.2 Å². The largest absolute Gasteiger partial charge is 2.00 e. The molecule has 0 heterocycles. The number of para-hydroxylation sites is 2. The zero-order chi connectivity index (χ0) is 28.4. The molecule has 0 bridgehead atoms. The maximum Gasteiger partial charge on any atom is 2.00 e. The van der Waals surface area contributed by atoms with Gasteiger partial charge in [0.2, 0.25) is 11.9 Å². The third-order valence-corrected chi connectivity index (χ3v) is 2.62. The van der Waals surface area contributed by atoms with E-state index in [4.69, 9.17) is 59.6 Å². The van der Waals surface area contributed by atoms with Gasteiger partial charge in [0.25, 0.3) is 0 Å². The predicted molar refractivity (Wildman–Crippen MR) is 97.1 cm³/mol. The summed E-state index contributed by atoms with van der Waals surface area (Å²) in [5.41, 5.74) is 15.3. The van der Waals surface area contributed by atoms with Gasteiger partial charge < -0.3 is 21.7 Å². The molecule has 0 aliphatic heterocycles. The zero-order valence-electron chi connectivity index (χ0n) is 18.3. The molecule has 0 amide bonds. The molecule has 0 saturated carbocycles. The van der Waals surface area contributed by atoms with Gasteiger partial charge in [-0.25, -0.2) is 48.1 Å². The van der Waals surface area contributed by atoms with E-state index in [1.807, 2.05) is 0 Å². The van der Waals surface area contributed by atoms with Crippen molar-refractivity contribution in [2.75, 3.05) is 0 Å². The van der Waals surface area contributed by atoms with E-state index in [1.54, 1.807) is 36.4 Å². The monoisotopic (exact) mass is 678 g/mol. The predicted octanol–water partition coefficient (Wildman–Crippen LogP) is -10.4. The van der Waals surface area contributed by atoms with Crippen molar-refractivity contribution >= 4 is 24.3 Å². The van der Waals surface area contributed by atoms with Gasteiger partial charge in [-0.15, -0.1) is 20.5 Å². The molecule has 0 saturated heterocycles. The first kappa shape index (κ1) is 42.3. The van der Waals surface area contributed by atoms with E-state index in [1.165, 1.54) is 24.6 Å². The summed E-state index contributed by atoms with van der Waals surface area (Å²) in [7, 11) is -9.89. The maximum atomic E-state index is 11.1. The van der Waals surface area contributed by atoms with Crippen molar-refractivity contribution < 1.29 is 102 Å². The van der Waals surface area contributed by atoms with Crippen LogP contribution in [-0.4, -0.2) is 24.3 Å². The number of benzene rings is 2. The second kappa shape index (κ2) is 22.2. The summed E-state index contributed by atoms with van der Waals surface area (Å²) in [6.45, 7) is 0. The quantitative estimate of drug-likeness (QED) is 0.0756. The summed E-state index contributed by atoms with van der Waals surface area (Å²) < 4.78 is 67.9. The molecule has 218 valence electrons. The first-order valence-corrected chi connectivity index (χ1v) is 10.9. The molecule has 0 spiro atoms. The minimum Gasteiger partial charge on any atom is -0.872 e. The van der Waals surface area contributed by atoms with Gasteiger partial charge in [0.1, 0.15) is 0 Å². The van der Waals surface area contributed by atoms with E-state index < -0.39 is 20.5 Å². The standard InChI is InChI=1S/2C8H10N4O.2ClHO4.2Cu/c2*9-8(10)12-11-5-6-3-1-2-4-7(6)13;2*2-1(3,4)5;;/h2*1-5,13H,(H4,9,10,12);2*(H,2,3,4,5);;/q;;;;2*+2/p-4/b2*11-5+;;;;. The Morgan fingerprint density at radius 2 is 0.868 bits per heavy atom. The number of hydrazone groups is 2. The maximum absolute atomic E-state index is 11.1. The van der Waals surface area contributed by atoms with Gasteiger partial charge in [0.15, 0.2) is 0 Å². The summed E-state index contributed by atoms with van der Waals surface area (Å²) >= 11 is 0. The molecular weight excluding hydrogens is 662 g/mol. The van der Waals surface area contributed by atoms with Crippen molar-refractivity contribution in [2.24, 2.45) is 21.7 Å². The van der Waals surface area contributed by atoms with Crippen LogP contribution in [0.3, 0.4) is 0 Å². The molecule has 22 heteroatoms. The van der Waals surface area contributed by atoms with Gasteiger partial charge in [0, 0.05) is 0 Å². The second-order valence-electron chi connectivity index (χ2n) is 5.40. The van der Waals surface area contributed by atoms with Gasteiger partial charge in [-0.3, -0.25) is 10.8 Å². The van der Waals surface area contributed by atoms with Crippen LogP contribution in [-0.2, 0) is 34.1 Å². The molecule has 0 aliphatic rings. The molecule has 0 unspecified atom stereocenters. The molecule has 2 rings (SSSR count). The number of nitrogens with one attached hydrogen (secondary N) is 4. The number of halogens is 2. The number of nitrogens with two attached hydrogens (primary N) is 2. The van der Waals surface area contributed by atoms with Crippen molar-refractivity contribution in [3.8, 4) is 11.5 Å². The molecule has 2 radical (unpaired) electrons. The van der Waals surface area contributed by atoms with Crippen LogP contribution >= 0.6 is 0 Å². The minimum atomic E-state index is -4.94. The van der Waals surface area contributed by atoms with Crippen LogP contribution < -0.4 is 69.8 Å². The van der Waals surface area contributed by atoms with Gasteiger partial charge in [0.05, 0.1) is 12.4 Å². The van der Waals surface area contributed by atoms with Crippen molar-refractivity contribution in [2.45, 2.75) is 0 Å². The molecule has 2 aromatic rings. The van der Waals surface area contributed by atoms with E-state index in [0.29, 0.717) is 11.1 Å². The molecule has 0 aliphatic carbocycles. The molecule has 0 atom stereocenters. The van der Waals surface area contributed by atoms with Gasteiger partial charge >= 0.3 is 34.1 Å². The summed E-state index contributed by atoms with van der Waals surface area (Å²) in [5.74, 6) is -0.757. The van der Waals surface area contributed by atoms with Crippen LogP contribution in [0.25, 0.3) is 0 Å². The normalized spacial score (nSPS) is 10.1. The summed E-state index contributed by atoms with van der Waals surface area (Å²) in [6.07, 6.45) is 2.65. The van der Waals surface area contributed by atoms with Crippen LogP contribution in [0.5, 0.6) is 11.5 Å². The second-order valence-corrected chi connectivity index (χ2v) is 6.91. The molecular formula is C16H18Cl2Cu2N8O10. The van der Waals surface area contributed by atoms with E-state index >= 15 is 0 Å². The average Bonchev–Trinajstić information content (AvgIpc) is 2.68. The Kier molecular flexibility index (Phi) is 24.7. The molecule has 0 fully saturated rings. The van der Waals surface area contributed by atoms with Crippen LogP contribution in [0.2, 0.25) is 0 Å². The Balaban J connectivity index is -0.000000218. The average molecular weight is 680 g/mol. The smallest absolute Gasteiger partial charge is 0.872 e. The Morgan fingerprint density at radius 3 is 1.08 bits per heavy atom. The zero-order valence-corrected chi connectivity index (χ0v) is 21.7. The Bertz CT molecular complexity index is 919. The van der Waals surface area contributed by atoms with Gasteiger partial charge in [-0.1, -0.05) is 60.0 Å². The Hall–Kier alpha value is -2.78. The van der Waals surface area contributed by atoms with Gasteiger partial charge in [-0.05, 0) is 11.1 Å². The minimum absolute atomic E-state index is 0. The van der Waals surface area contributed by atoms with E-state index in [-0.39, 0.29) is 57.6 Å². The fourth-order valence-electron chi connectivity index (χ4n) is 1.52. The van der Waals surface area contributed by atoms with Crippen LogP contribution in [0, 0.1) is 31.3 Å². The van der Waals surface area contributed by atoms with Crippen molar-refractivity contribution in [3.63, 3.8) is 0 Å². The number of hydrogen-bond acceptors (Lipinski definition) is 14. The summed E-state index contributed by atoms with van der Waals surface area (Å²) in [6, 6.07) is 12.9. The fourth-order valence-corrected chi connectivity index (χ4v) is 1.52. The van der Waals surface area contributed by atoms with E-state index in [0.717, 1.165) is 0 Å². The van der Waals surface area contributed by atoms with Crippen molar-refractivity contribution in [1.82, 2.24) is 10.9 Å². The molecule has 0 aromatic heterocycles. The summed E-state index contributed by atoms with van der Waals surface area (Å²) in [5, 5.41) is 42.9. The van der Waals surface area contributed by atoms with Crippen molar-refractivity contribution in [1.29, 1.82) is 10.8 Å². The third-order valence-electron chi connectivity index (χ3n) is 2.62. The molecule has 8 N–H and O–H groups in total. The van der Waals surface area contributed by atoms with Crippen LogP contribution in [0.15, 0.2) is 58.7 Å². The SMILES string of the molecule is N=C(N)N/N=C/c1ccccc1[O-].N=C(N)N/N=C/c1ccccc1[O-].[Cu+2].[Cu+2].[O-][Cl+3]([O-])([O-])[O-].[O-][Cl+3]([O-])([O-])[O-]. The van der Waals surface area contributed by atoms with E-state index in [9.17, 15) is 10.2 Å². The fraction of sp³-hybridized carbons (Fsp3) is 0. The molecule has 18 nitrogen and oxygen atoms in total. The number of hydrogen-bond donors (Lipinski definition) is 6. The Labute approximate surface area is 240 Å². The molecule has 38 heavy (non-hydrogen) atoms. The Morgan fingerprint density at radius 1 is 0.632 bits per heavy atom. The first-order chi connectivity index (χ1) is 16.4. The number of nitrogens with zero attached hydrogens (tertiary/aromatic N) is 2. The molecule has 2 aromatic carbocycles. The topological polar surface area (TPSA) is 379 Å². The third kappa shape index (κ3) is 35.4. The van der Waals surface area contributed by atoms with E-state index in [2.05, 4.69) is 21.1 Å². The number of rotatable bonds is 4. The van der Waals surface area contributed by atoms with Crippen LogP contribution in [0.4, 0.5) is 0 Å².